The lowest BCUT2D eigenvalue weighted by Gasteiger charge is -2.07. The molecule has 0 fully saturated rings. The molecule has 1 N–H and O–H groups in total. The van der Waals surface area contributed by atoms with Gasteiger partial charge < -0.3 is 5.32 Å². The first-order chi connectivity index (χ1) is 9.06. The summed E-state index contributed by atoms with van der Waals surface area (Å²) in [6.45, 7) is 1.94. The van der Waals surface area contributed by atoms with Gasteiger partial charge in [0.2, 0.25) is 11.1 Å². The van der Waals surface area contributed by atoms with Crippen LogP contribution in [0.15, 0.2) is 23.4 Å². The monoisotopic (exact) mass is 297 g/mol. The zero-order chi connectivity index (χ0) is 13.8. The minimum Gasteiger partial charge on any atom is -0.324 e. The van der Waals surface area contributed by atoms with Crippen molar-refractivity contribution >= 4 is 35.0 Å². The van der Waals surface area contributed by atoms with Crippen molar-refractivity contribution in [1.29, 1.82) is 0 Å². The summed E-state index contributed by atoms with van der Waals surface area (Å²) in [5.41, 5.74) is 1.65. The van der Waals surface area contributed by atoms with Crippen molar-refractivity contribution in [3.63, 3.8) is 0 Å². The zero-order valence-electron chi connectivity index (χ0n) is 10.4. The fraction of sp³-hybridized carbons (Fsp3) is 0.273. The van der Waals surface area contributed by atoms with Crippen LogP contribution in [0.5, 0.6) is 0 Å². The number of halogens is 1. The maximum absolute atomic E-state index is 11.8. The fourth-order valence-corrected chi connectivity index (χ4v) is 2.31. The highest BCUT2D eigenvalue weighted by atomic mass is 35.5. The maximum Gasteiger partial charge on any atom is 0.234 e. The Morgan fingerprint density at radius 2 is 2.32 bits per heavy atom. The van der Waals surface area contributed by atoms with Gasteiger partial charge in [0.1, 0.15) is 0 Å². The summed E-state index contributed by atoms with van der Waals surface area (Å²) in [6.07, 6.45) is 0. The highest BCUT2D eigenvalue weighted by Crippen LogP contribution is 2.23. The van der Waals surface area contributed by atoms with Gasteiger partial charge in [-0.1, -0.05) is 29.4 Å². The minimum absolute atomic E-state index is 0.154. The molecule has 8 heteroatoms. The summed E-state index contributed by atoms with van der Waals surface area (Å²) >= 11 is 7.30. The number of thioether (sulfide) groups is 1. The summed E-state index contributed by atoms with van der Waals surface area (Å²) in [5, 5.41) is 14.8. The topological polar surface area (TPSA) is 72.7 Å². The van der Waals surface area contributed by atoms with Gasteiger partial charge in [-0.05, 0) is 35.0 Å². The molecular formula is C11H12ClN5OS. The predicted molar refractivity (Wildman–Crippen MR) is 74.3 cm³/mol. The molecule has 19 heavy (non-hydrogen) atoms. The molecule has 1 aromatic carbocycles. The molecule has 6 nitrogen and oxygen atoms in total. The van der Waals surface area contributed by atoms with E-state index in [1.54, 1.807) is 19.2 Å². The summed E-state index contributed by atoms with van der Waals surface area (Å²) in [7, 11) is 1.72. The van der Waals surface area contributed by atoms with Gasteiger partial charge in [0.15, 0.2) is 0 Å². The Labute approximate surface area is 119 Å². The zero-order valence-corrected chi connectivity index (χ0v) is 12.0. The highest BCUT2D eigenvalue weighted by Gasteiger charge is 2.09. The van der Waals surface area contributed by atoms with E-state index in [1.165, 1.54) is 16.4 Å². The lowest BCUT2D eigenvalue weighted by molar-refractivity contribution is -0.113. The first-order valence-corrected chi connectivity index (χ1v) is 6.84. The van der Waals surface area contributed by atoms with Gasteiger partial charge in [0.25, 0.3) is 0 Å². The number of aryl methyl sites for hydroxylation is 2. The summed E-state index contributed by atoms with van der Waals surface area (Å²) in [5.74, 6) is 0.0667. The van der Waals surface area contributed by atoms with Crippen LogP contribution in [0, 0.1) is 6.92 Å². The Hall–Kier alpha value is -1.60. The molecule has 0 radical (unpaired) electrons. The second kappa shape index (κ2) is 6.03. The van der Waals surface area contributed by atoms with Gasteiger partial charge in [-0.2, -0.15) is 0 Å². The fourth-order valence-electron chi connectivity index (χ4n) is 1.38. The molecule has 0 spiro atoms. The van der Waals surface area contributed by atoms with Crippen molar-refractivity contribution in [2.24, 2.45) is 7.05 Å². The Bertz CT molecular complexity index is 601. The van der Waals surface area contributed by atoms with Crippen LogP contribution in [-0.4, -0.2) is 31.9 Å². The van der Waals surface area contributed by atoms with Gasteiger partial charge in [-0.15, -0.1) is 5.10 Å². The van der Waals surface area contributed by atoms with E-state index >= 15 is 0 Å². The van der Waals surface area contributed by atoms with E-state index in [2.05, 4.69) is 20.8 Å². The van der Waals surface area contributed by atoms with Crippen LogP contribution in [0.1, 0.15) is 5.56 Å². The number of amides is 1. The normalized spacial score (nSPS) is 10.5. The number of benzene rings is 1. The standard InChI is InChI=1S/C11H12ClN5OS/c1-7-3-4-9(8(12)5-7)13-10(18)6-19-11-14-15-16-17(11)2/h3-5H,6H2,1-2H3,(H,13,18). The second-order valence-electron chi connectivity index (χ2n) is 3.91. The average molecular weight is 298 g/mol. The Kier molecular flexibility index (Phi) is 4.39. The molecule has 0 unspecified atom stereocenters. The molecule has 2 rings (SSSR count). The Morgan fingerprint density at radius 1 is 1.53 bits per heavy atom. The van der Waals surface area contributed by atoms with Gasteiger partial charge in [-0.3, -0.25) is 4.79 Å². The van der Waals surface area contributed by atoms with Gasteiger partial charge in [0.05, 0.1) is 16.5 Å². The lowest BCUT2D eigenvalue weighted by Crippen LogP contribution is -2.14. The molecule has 0 saturated heterocycles. The van der Waals surface area contributed by atoms with Crippen LogP contribution in [-0.2, 0) is 11.8 Å². The van der Waals surface area contributed by atoms with Gasteiger partial charge in [-0.25, -0.2) is 4.68 Å². The number of tetrazole rings is 1. The number of aromatic nitrogens is 4. The van der Waals surface area contributed by atoms with Crippen LogP contribution < -0.4 is 5.32 Å². The first-order valence-electron chi connectivity index (χ1n) is 5.47. The molecule has 0 aliphatic heterocycles. The molecule has 0 bridgehead atoms. The quantitative estimate of drug-likeness (QED) is 0.873. The molecule has 2 aromatic rings. The van der Waals surface area contributed by atoms with E-state index in [0.29, 0.717) is 15.9 Å². The molecule has 0 atom stereocenters. The molecule has 0 aliphatic rings. The van der Waals surface area contributed by atoms with Gasteiger partial charge in [0, 0.05) is 7.05 Å². The van der Waals surface area contributed by atoms with Crippen molar-refractivity contribution in [3.05, 3.63) is 28.8 Å². The average Bonchev–Trinajstić information content (AvgIpc) is 2.76. The summed E-state index contributed by atoms with van der Waals surface area (Å²) in [6, 6.07) is 5.47. The van der Waals surface area contributed by atoms with E-state index in [-0.39, 0.29) is 11.7 Å². The molecule has 1 heterocycles. The van der Waals surface area contributed by atoms with Crippen molar-refractivity contribution in [2.45, 2.75) is 12.1 Å². The molecule has 100 valence electrons. The van der Waals surface area contributed by atoms with Crippen LogP contribution in [0.25, 0.3) is 0 Å². The lowest BCUT2D eigenvalue weighted by atomic mass is 10.2. The number of nitrogens with one attached hydrogen (secondary N) is 1. The van der Waals surface area contributed by atoms with Crippen molar-refractivity contribution < 1.29 is 4.79 Å². The predicted octanol–water partition coefficient (Wildman–Crippen LogP) is 1.90. The van der Waals surface area contributed by atoms with Crippen LogP contribution >= 0.6 is 23.4 Å². The van der Waals surface area contributed by atoms with E-state index in [0.717, 1.165) is 5.56 Å². The SMILES string of the molecule is Cc1ccc(NC(=O)CSc2nnnn2C)c(Cl)c1. The van der Waals surface area contributed by atoms with Crippen LogP contribution in [0.3, 0.4) is 0 Å². The summed E-state index contributed by atoms with van der Waals surface area (Å²) in [4.78, 5) is 11.8. The van der Waals surface area contributed by atoms with Crippen molar-refractivity contribution in [3.8, 4) is 0 Å². The van der Waals surface area contributed by atoms with Crippen LogP contribution in [0.4, 0.5) is 5.69 Å². The molecule has 0 saturated carbocycles. The summed E-state index contributed by atoms with van der Waals surface area (Å²) < 4.78 is 1.51. The smallest absolute Gasteiger partial charge is 0.234 e. The number of carbonyl (C=O) groups excluding carboxylic acids is 1. The van der Waals surface area contributed by atoms with E-state index < -0.39 is 0 Å². The Balaban J connectivity index is 1.93. The molecular weight excluding hydrogens is 286 g/mol. The number of nitrogens with zero attached hydrogens (tertiary/aromatic N) is 4. The number of carbonyl (C=O) groups is 1. The third-order valence-electron chi connectivity index (χ3n) is 2.31. The van der Waals surface area contributed by atoms with E-state index in [9.17, 15) is 4.79 Å². The first kappa shape index (κ1) is 13.8. The van der Waals surface area contributed by atoms with E-state index in [4.69, 9.17) is 11.6 Å². The molecule has 1 aromatic heterocycles. The number of hydrogen-bond acceptors (Lipinski definition) is 5. The van der Waals surface area contributed by atoms with Crippen LogP contribution in [0.2, 0.25) is 5.02 Å². The highest BCUT2D eigenvalue weighted by molar-refractivity contribution is 7.99. The Morgan fingerprint density at radius 3 is 2.95 bits per heavy atom. The van der Waals surface area contributed by atoms with Gasteiger partial charge >= 0.3 is 0 Å². The molecule has 0 aliphatic carbocycles. The number of rotatable bonds is 4. The van der Waals surface area contributed by atoms with E-state index in [1.807, 2.05) is 13.0 Å². The maximum atomic E-state index is 11.8. The second-order valence-corrected chi connectivity index (χ2v) is 5.25. The third-order valence-corrected chi connectivity index (χ3v) is 3.64. The number of hydrogen-bond donors (Lipinski definition) is 1. The molecule has 1 amide bonds. The largest absolute Gasteiger partial charge is 0.324 e. The minimum atomic E-state index is -0.154. The van der Waals surface area contributed by atoms with Crippen molar-refractivity contribution in [1.82, 2.24) is 20.2 Å². The number of anilines is 1. The third kappa shape index (κ3) is 3.68. The van der Waals surface area contributed by atoms with Crippen molar-refractivity contribution in [2.75, 3.05) is 11.1 Å².